The van der Waals surface area contributed by atoms with Gasteiger partial charge in [0.1, 0.15) is 22.4 Å². The normalized spacial score (nSPS) is 10.9. The maximum absolute atomic E-state index is 13.3. The molecule has 0 aliphatic rings. The molecule has 2 heterocycles. The van der Waals surface area contributed by atoms with Crippen molar-refractivity contribution in [1.82, 2.24) is 20.6 Å². The highest BCUT2D eigenvalue weighted by Crippen LogP contribution is 2.34. The average molecular weight is 484 g/mol. The van der Waals surface area contributed by atoms with Crippen molar-refractivity contribution in [3.63, 3.8) is 0 Å². The van der Waals surface area contributed by atoms with Crippen LogP contribution >= 0.6 is 0 Å². The Bertz CT molecular complexity index is 1330. The smallest absolute Gasteiger partial charge is 0.286 e. The number of aromatic hydroxyl groups is 1. The Morgan fingerprint density at radius 2 is 1.94 bits per heavy atom. The van der Waals surface area contributed by atoms with E-state index in [4.69, 9.17) is 9.84 Å². The molecule has 3 rings (SSSR count). The summed E-state index contributed by atoms with van der Waals surface area (Å²) in [6.07, 6.45) is 1.53. The van der Waals surface area contributed by atoms with Crippen molar-refractivity contribution in [2.24, 2.45) is 0 Å². The number of carbonyl (C=O) groups excluding carboxylic acids is 2. The Balaban J connectivity index is 2.15. The Morgan fingerprint density at radius 1 is 1.26 bits per heavy atom. The van der Waals surface area contributed by atoms with Crippen molar-refractivity contribution in [2.75, 3.05) is 13.2 Å². The fraction of sp³-hybridized carbons (Fsp3) is 0.250. The first-order valence-corrected chi connectivity index (χ1v) is 10.7. The fourth-order valence-corrected chi connectivity index (χ4v) is 3.28. The van der Waals surface area contributed by atoms with Crippen molar-refractivity contribution in [3.05, 3.63) is 75.7 Å². The largest absolute Gasteiger partial charge is 0.505 e. The lowest BCUT2D eigenvalue weighted by Crippen LogP contribution is -2.33. The lowest BCUT2D eigenvalue weighted by atomic mass is 10.0. The summed E-state index contributed by atoms with van der Waals surface area (Å²) in [5.41, 5.74) is -0.672. The summed E-state index contributed by atoms with van der Waals surface area (Å²) in [7, 11) is 0. The molecule has 0 saturated heterocycles. The molecule has 0 atom stereocenters. The number of aromatic nitrogens is 2. The second-order valence-corrected chi connectivity index (χ2v) is 7.95. The zero-order chi connectivity index (χ0) is 25.7. The Kier molecular flexibility index (Phi) is 7.82. The monoisotopic (exact) mass is 484 g/mol. The van der Waals surface area contributed by atoms with Crippen molar-refractivity contribution in [2.45, 2.75) is 26.3 Å². The van der Waals surface area contributed by atoms with Gasteiger partial charge < -0.3 is 30.6 Å². The number of H-pyrrole nitrogens is 1. The molecular weight excluding hydrogens is 459 g/mol. The van der Waals surface area contributed by atoms with Crippen LogP contribution in [0.5, 0.6) is 11.5 Å². The van der Waals surface area contributed by atoms with E-state index in [2.05, 4.69) is 27.2 Å². The highest BCUT2D eigenvalue weighted by atomic mass is 19.1. The van der Waals surface area contributed by atoms with Crippen LogP contribution in [0.25, 0.3) is 11.0 Å². The number of fused-ring (bicyclic) bond motifs is 1. The molecule has 10 nitrogen and oxygen atoms in total. The van der Waals surface area contributed by atoms with Crippen LogP contribution in [0.2, 0.25) is 0 Å². The second kappa shape index (κ2) is 10.8. The number of amides is 2. The van der Waals surface area contributed by atoms with Crippen LogP contribution < -0.4 is 20.9 Å². The number of benzene rings is 1. The number of aliphatic hydroxyl groups is 1. The van der Waals surface area contributed by atoms with E-state index in [0.717, 1.165) is 0 Å². The predicted molar refractivity (Wildman–Crippen MR) is 126 cm³/mol. The number of hydrogen-bond donors (Lipinski definition) is 5. The van der Waals surface area contributed by atoms with Gasteiger partial charge in [-0.2, -0.15) is 0 Å². The van der Waals surface area contributed by atoms with Gasteiger partial charge in [-0.25, -0.2) is 4.39 Å². The van der Waals surface area contributed by atoms with Gasteiger partial charge in [0.05, 0.1) is 6.61 Å². The number of halogens is 1. The van der Waals surface area contributed by atoms with Gasteiger partial charge in [0, 0.05) is 30.8 Å². The molecular formula is C24H25FN4O6. The van der Waals surface area contributed by atoms with Gasteiger partial charge in [-0.15, -0.1) is 0 Å². The molecule has 2 aromatic heterocycles. The Hall–Kier alpha value is -4.25. The quantitative estimate of drug-likeness (QED) is 0.228. The number of ether oxygens (including phenoxy) is 1. The molecule has 5 N–H and O–H groups in total. The van der Waals surface area contributed by atoms with Gasteiger partial charge in [-0.05, 0) is 31.5 Å². The molecule has 0 spiro atoms. The predicted octanol–water partition coefficient (Wildman–Crippen LogP) is 1.50. The minimum Gasteiger partial charge on any atom is -0.505 e. The maximum Gasteiger partial charge on any atom is 0.286 e. The standard InChI is InChI=1S/C24H25FN4O6/c1-12(2)28-22(32)13(3)35-21-15(10-14-4-6-16(25)7-5-14)11-27-18-19(21)29-24(34)17(20(18)31)23(33)26-8-9-30/h4-7,11-12,30H,3,8-10H2,1-2H3,(H,26,33)(H,28,32)(H2,29,31,34). The van der Waals surface area contributed by atoms with Crippen LogP contribution in [-0.4, -0.2) is 51.2 Å². The van der Waals surface area contributed by atoms with Crippen molar-refractivity contribution in [3.8, 4) is 11.5 Å². The molecule has 0 bridgehead atoms. The minimum absolute atomic E-state index is 0.0158. The SMILES string of the molecule is C=C(Oc1c(Cc2ccc(F)cc2)cnc2c(O)c(C(=O)NCCO)c(=O)[nH]c12)C(=O)NC(C)C. The highest BCUT2D eigenvalue weighted by Gasteiger charge is 2.24. The van der Waals surface area contributed by atoms with Gasteiger partial charge in [0.2, 0.25) is 0 Å². The zero-order valence-corrected chi connectivity index (χ0v) is 19.1. The van der Waals surface area contributed by atoms with Gasteiger partial charge in [0.25, 0.3) is 17.4 Å². The molecule has 0 unspecified atom stereocenters. The van der Waals surface area contributed by atoms with Crippen LogP contribution in [-0.2, 0) is 11.2 Å². The summed E-state index contributed by atoms with van der Waals surface area (Å²) in [6, 6.07) is 5.48. The molecule has 2 amide bonds. The van der Waals surface area contributed by atoms with E-state index in [-0.39, 0.29) is 48.2 Å². The summed E-state index contributed by atoms with van der Waals surface area (Å²) in [5.74, 6) is -2.91. The van der Waals surface area contributed by atoms with Crippen LogP contribution in [0.1, 0.15) is 35.3 Å². The van der Waals surface area contributed by atoms with E-state index < -0.39 is 34.5 Å². The summed E-state index contributed by atoms with van der Waals surface area (Å²) >= 11 is 0. The van der Waals surface area contributed by atoms with Crippen LogP contribution in [0.4, 0.5) is 4.39 Å². The molecule has 0 saturated carbocycles. The summed E-state index contributed by atoms with van der Waals surface area (Å²) in [6.45, 7) is 6.67. The van der Waals surface area contributed by atoms with E-state index in [0.29, 0.717) is 11.1 Å². The fourth-order valence-electron chi connectivity index (χ4n) is 3.28. The minimum atomic E-state index is -0.937. The first kappa shape index (κ1) is 25.4. The number of pyridine rings is 2. The number of rotatable bonds is 9. The average Bonchev–Trinajstić information content (AvgIpc) is 2.80. The number of aliphatic hydroxyl groups excluding tert-OH is 1. The lowest BCUT2D eigenvalue weighted by Gasteiger charge is -2.17. The van der Waals surface area contributed by atoms with Gasteiger partial charge in [-0.1, -0.05) is 18.7 Å². The molecule has 0 fully saturated rings. The summed E-state index contributed by atoms with van der Waals surface area (Å²) < 4.78 is 19.1. The number of hydrogen-bond acceptors (Lipinski definition) is 7. The van der Waals surface area contributed by atoms with Crippen molar-refractivity contribution in [1.29, 1.82) is 0 Å². The van der Waals surface area contributed by atoms with Crippen LogP contribution in [0.15, 0.2) is 47.6 Å². The van der Waals surface area contributed by atoms with Gasteiger partial charge >= 0.3 is 0 Å². The molecule has 184 valence electrons. The molecule has 35 heavy (non-hydrogen) atoms. The third-order valence-electron chi connectivity index (χ3n) is 4.86. The second-order valence-electron chi connectivity index (χ2n) is 7.95. The van der Waals surface area contributed by atoms with E-state index in [1.807, 2.05) is 0 Å². The number of aromatic amines is 1. The third kappa shape index (κ3) is 5.82. The van der Waals surface area contributed by atoms with Crippen LogP contribution in [0, 0.1) is 5.82 Å². The first-order chi connectivity index (χ1) is 16.6. The molecule has 0 radical (unpaired) electrons. The number of nitrogens with zero attached hydrogens (tertiary/aromatic N) is 1. The van der Waals surface area contributed by atoms with E-state index in [1.54, 1.807) is 26.0 Å². The summed E-state index contributed by atoms with van der Waals surface area (Å²) in [5, 5.41) is 24.5. The molecule has 1 aromatic carbocycles. The Labute approximate surface area is 199 Å². The first-order valence-electron chi connectivity index (χ1n) is 10.7. The van der Waals surface area contributed by atoms with E-state index >= 15 is 0 Å². The van der Waals surface area contributed by atoms with Crippen molar-refractivity contribution < 1.29 is 28.9 Å². The summed E-state index contributed by atoms with van der Waals surface area (Å²) in [4.78, 5) is 44.1. The molecule has 0 aliphatic carbocycles. The van der Waals surface area contributed by atoms with Crippen molar-refractivity contribution >= 4 is 22.8 Å². The van der Waals surface area contributed by atoms with Gasteiger partial charge in [0.15, 0.2) is 17.3 Å². The number of carbonyl (C=O) groups is 2. The third-order valence-corrected chi connectivity index (χ3v) is 4.86. The Morgan fingerprint density at radius 3 is 2.57 bits per heavy atom. The molecule has 0 aliphatic heterocycles. The zero-order valence-electron chi connectivity index (χ0n) is 19.1. The topological polar surface area (TPSA) is 154 Å². The molecule has 3 aromatic rings. The van der Waals surface area contributed by atoms with E-state index in [1.165, 1.54) is 18.3 Å². The molecule has 11 heteroatoms. The van der Waals surface area contributed by atoms with E-state index in [9.17, 15) is 23.9 Å². The van der Waals surface area contributed by atoms with Gasteiger partial charge in [-0.3, -0.25) is 19.4 Å². The lowest BCUT2D eigenvalue weighted by molar-refractivity contribution is -0.119. The maximum atomic E-state index is 13.3. The highest BCUT2D eigenvalue weighted by molar-refractivity contribution is 6.02. The van der Waals surface area contributed by atoms with Crippen LogP contribution in [0.3, 0.4) is 0 Å². The number of nitrogens with one attached hydrogen (secondary N) is 3.